The Morgan fingerprint density at radius 2 is 1.76 bits per heavy atom. The summed E-state index contributed by atoms with van der Waals surface area (Å²) in [6.45, 7) is 0.625. The normalized spacial score (nSPS) is 10.9. The minimum Gasteiger partial charge on any atom is -0.492 e. The van der Waals surface area contributed by atoms with Crippen molar-refractivity contribution in [1.29, 1.82) is 0 Å². The second-order valence-electron chi connectivity index (χ2n) is 5.93. The third-order valence-corrected chi connectivity index (χ3v) is 5.70. The van der Waals surface area contributed by atoms with Gasteiger partial charge >= 0.3 is 0 Å². The highest BCUT2D eigenvalue weighted by Gasteiger charge is 2.15. The number of rotatable bonds is 8. The maximum absolute atomic E-state index is 12.4. The van der Waals surface area contributed by atoms with Gasteiger partial charge in [0.05, 0.1) is 17.1 Å². The van der Waals surface area contributed by atoms with Gasteiger partial charge in [-0.3, -0.25) is 14.5 Å². The van der Waals surface area contributed by atoms with Crippen molar-refractivity contribution in [3.63, 3.8) is 0 Å². The van der Waals surface area contributed by atoms with Gasteiger partial charge in [-0.1, -0.05) is 22.0 Å². The van der Waals surface area contributed by atoms with Crippen molar-refractivity contribution in [2.45, 2.75) is 4.90 Å². The number of benzene rings is 2. The van der Waals surface area contributed by atoms with Crippen LogP contribution in [0.15, 0.2) is 82.4 Å². The maximum atomic E-state index is 12.4. The molecule has 0 fully saturated rings. The summed E-state index contributed by atoms with van der Waals surface area (Å²) in [5, 5.41) is 2.73. The number of nitrogens with zero attached hydrogens (tertiary/aromatic N) is 1. The number of anilines is 1. The third-order valence-electron chi connectivity index (χ3n) is 3.81. The Morgan fingerprint density at radius 3 is 2.45 bits per heavy atom. The second-order valence-corrected chi connectivity index (χ2v) is 8.53. The number of nitrogens with one attached hydrogen (secondary N) is 2. The van der Waals surface area contributed by atoms with Crippen molar-refractivity contribution < 1.29 is 17.9 Å². The lowest BCUT2D eigenvalue weighted by molar-refractivity contribution is 0.0947. The molecule has 3 rings (SSSR count). The molecule has 2 aromatic carbocycles. The van der Waals surface area contributed by atoms with Gasteiger partial charge in [-0.2, -0.15) is 0 Å². The number of sulfonamides is 1. The predicted molar refractivity (Wildman–Crippen MR) is 113 cm³/mol. The van der Waals surface area contributed by atoms with Gasteiger partial charge in [-0.05, 0) is 54.6 Å². The van der Waals surface area contributed by atoms with Crippen LogP contribution in [0.4, 0.5) is 5.69 Å². The molecule has 29 heavy (non-hydrogen) atoms. The summed E-state index contributed by atoms with van der Waals surface area (Å²) in [7, 11) is -3.74. The second kappa shape index (κ2) is 9.53. The van der Waals surface area contributed by atoms with E-state index in [4.69, 9.17) is 4.74 Å². The van der Waals surface area contributed by atoms with Crippen LogP contribution in [0.5, 0.6) is 5.75 Å². The Labute approximate surface area is 177 Å². The molecular weight excluding hydrogens is 458 g/mol. The van der Waals surface area contributed by atoms with Crippen molar-refractivity contribution in [1.82, 2.24) is 10.3 Å². The SMILES string of the molecule is O=C(NCCOc1cccc(Br)c1)c1ccc(S(=O)(=O)Nc2ccncc2)cc1. The Hall–Kier alpha value is -2.91. The molecule has 3 aromatic rings. The fourth-order valence-electron chi connectivity index (χ4n) is 2.41. The molecule has 0 aliphatic rings. The van der Waals surface area contributed by atoms with E-state index in [1.165, 1.54) is 36.7 Å². The first-order valence-corrected chi connectivity index (χ1v) is 10.9. The number of hydrogen-bond donors (Lipinski definition) is 2. The van der Waals surface area contributed by atoms with Gasteiger partial charge in [-0.25, -0.2) is 8.42 Å². The first kappa shape index (κ1) is 20.8. The van der Waals surface area contributed by atoms with E-state index in [9.17, 15) is 13.2 Å². The Balaban J connectivity index is 1.53. The Morgan fingerprint density at radius 1 is 1.03 bits per heavy atom. The summed E-state index contributed by atoms with van der Waals surface area (Å²) in [5.41, 5.74) is 0.766. The summed E-state index contributed by atoms with van der Waals surface area (Å²) in [6.07, 6.45) is 2.98. The van der Waals surface area contributed by atoms with Crippen LogP contribution >= 0.6 is 15.9 Å². The first-order valence-electron chi connectivity index (χ1n) is 8.63. The molecule has 150 valence electrons. The molecule has 0 aliphatic heterocycles. The molecular formula is C20H18BrN3O4S. The molecule has 0 aliphatic carbocycles. The number of carbonyl (C=O) groups is 1. The van der Waals surface area contributed by atoms with Crippen LogP contribution in [0.1, 0.15) is 10.4 Å². The summed E-state index contributed by atoms with van der Waals surface area (Å²) in [5.74, 6) is 0.388. The summed E-state index contributed by atoms with van der Waals surface area (Å²) >= 11 is 3.36. The van der Waals surface area contributed by atoms with Crippen molar-refractivity contribution >= 4 is 37.5 Å². The van der Waals surface area contributed by atoms with Gasteiger partial charge < -0.3 is 10.1 Å². The molecule has 1 aromatic heterocycles. The zero-order chi connectivity index (χ0) is 20.7. The number of aromatic nitrogens is 1. The third kappa shape index (κ3) is 6.03. The highest BCUT2D eigenvalue weighted by atomic mass is 79.9. The Bertz CT molecular complexity index is 1070. The smallest absolute Gasteiger partial charge is 0.261 e. The lowest BCUT2D eigenvalue weighted by Crippen LogP contribution is -2.28. The molecule has 9 heteroatoms. The van der Waals surface area contributed by atoms with Crippen molar-refractivity contribution in [3.05, 3.63) is 83.1 Å². The van der Waals surface area contributed by atoms with E-state index in [0.29, 0.717) is 30.2 Å². The van der Waals surface area contributed by atoms with E-state index >= 15 is 0 Å². The molecule has 0 radical (unpaired) electrons. The van der Waals surface area contributed by atoms with Crippen LogP contribution in [0.3, 0.4) is 0 Å². The van der Waals surface area contributed by atoms with Gasteiger partial charge in [0.15, 0.2) is 0 Å². The zero-order valence-electron chi connectivity index (χ0n) is 15.2. The fraction of sp³-hybridized carbons (Fsp3) is 0.100. The van der Waals surface area contributed by atoms with Crippen LogP contribution in [0, 0.1) is 0 Å². The van der Waals surface area contributed by atoms with Crippen molar-refractivity contribution in [2.24, 2.45) is 0 Å². The minimum atomic E-state index is -3.74. The van der Waals surface area contributed by atoms with E-state index < -0.39 is 10.0 Å². The average Bonchev–Trinajstić information content (AvgIpc) is 2.72. The molecule has 1 amide bonds. The van der Waals surface area contributed by atoms with Gasteiger partial charge in [0.25, 0.3) is 15.9 Å². The molecule has 0 atom stereocenters. The molecule has 0 saturated carbocycles. The van der Waals surface area contributed by atoms with Crippen LogP contribution < -0.4 is 14.8 Å². The fourth-order valence-corrected chi connectivity index (χ4v) is 3.85. The molecule has 2 N–H and O–H groups in total. The van der Waals surface area contributed by atoms with Crippen molar-refractivity contribution in [3.8, 4) is 5.75 Å². The number of halogens is 1. The van der Waals surface area contributed by atoms with E-state index in [0.717, 1.165) is 4.47 Å². The van der Waals surface area contributed by atoms with E-state index in [1.807, 2.05) is 24.3 Å². The molecule has 0 saturated heterocycles. The van der Waals surface area contributed by atoms with E-state index in [1.54, 1.807) is 12.1 Å². The van der Waals surface area contributed by atoms with E-state index in [-0.39, 0.29) is 10.8 Å². The van der Waals surface area contributed by atoms with Gasteiger partial charge in [0.2, 0.25) is 0 Å². The number of pyridine rings is 1. The number of hydrogen-bond acceptors (Lipinski definition) is 5. The van der Waals surface area contributed by atoms with E-state index in [2.05, 4.69) is 31.0 Å². The summed E-state index contributed by atoms with van der Waals surface area (Å²) < 4.78 is 33.7. The average molecular weight is 476 g/mol. The van der Waals surface area contributed by atoms with Crippen LogP contribution in [-0.2, 0) is 10.0 Å². The standard InChI is InChI=1S/C20H18BrN3O4S/c21-16-2-1-3-18(14-16)28-13-12-23-20(25)15-4-6-19(7-5-15)29(26,27)24-17-8-10-22-11-9-17/h1-11,14H,12-13H2,(H,22,24)(H,23,25). The van der Waals surface area contributed by atoms with Gasteiger partial charge in [0, 0.05) is 22.4 Å². The molecule has 0 unspecified atom stereocenters. The topological polar surface area (TPSA) is 97.4 Å². The minimum absolute atomic E-state index is 0.0591. The first-order chi connectivity index (χ1) is 13.9. The van der Waals surface area contributed by atoms with Crippen molar-refractivity contribution in [2.75, 3.05) is 17.9 Å². The maximum Gasteiger partial charge on any atom is 0.261 e. The summed E-state index contributed by atoms with van der Waals surface area (Å²) in [4.78, 5) is 16.1. The van der Waals surface area contributed by atoms with Crippen LogP contribution in [0.25, 0.3) is 0 Å². The quantitative estimate of drug-likeness (QED) is 0.486. The van der Waals surface area contributed by atoms with Gasteiger partial charge in [-0.15, -0.1) is 0 Å². The predicted octanol–water partition coefficient (Wildman–Crippen LogP) is 3.45. The Kier molecular flexibility index (Phi) is 6.84. The van der Waals surface area contributed by atoms with Crippen LogP contribution in [-0.4, -0.2) is 32.5 Å². The lowest BCUT2D eigenvalue weighted by Gasteiger charge is -2.10. The molecule has 1 heterocycles. The summed E-state index contributed by atoms with van der Waals surface area (Å²) in [6, 6.07) is 16.2. The van der Waals surface area contributed by atoms with Gasteiger partial charge in [0.1, 0.15) is 12.4 Å². The highest BCUT2D eigenvalue weighted by molar-refractivity contribution is 9.10. The molecule has 7 nitrogen and oxygen atoms in total. The highest BCUT2D eigenvalue weighted by Crippen LogP contribution is 2.18. The number of ether oxygens (including phenoxy) is 1. The number of amides is 1. The van der Waals surface area contributed by atoms with Crippen LogP contribution in [0.2, 0.25) is 0 Å². The molecule has 0 bridgehead atoms. The largest absolute Gasteiger partial charge is 0.492 e. The number of carbonyl (C=O) groups excluding carboxylic acids is 1. The molecule has 0 spiro atoms. The zero-order valence-corrected chi connectivity index (χ0v) is 17.6. The monoisotopic (exact) mass is 475 g/mol. The lowest BCUT2D eigenvalue weighted by atomic mass is 10.2.